The number of aryl methyl sites for hydroxylation is 1. The van der Waals surface area contributed by atoms with Gasteiger partial charge in [-0.2, -0.15) is 0 Å². The van der Waals surface area contributed by atoms with E-state index in [1.807, 2.05) is 13.3 Å². The molecule has 0 radical (unpaired) electrons. The normalized spacial score (nSPS) is 16.4. The smallest absolute Gasteiger partial charge is 0.0286 e. The molecular formula is C20H29N. The van der Waals surface area contributed by atoms with E-state index >= 15 is 0 Å². The van der Waals surface area contributed by atoms with Gasteiger partial charge in [0.05, 0.1) is 0 Å². The second-order valence-corrected chi connectivity index (χ2v) is 6.41. The average Bonchev–Trinajstić information content (AvgIpc) is 2.52. The Morgan fingerprint density at radius 2 is 1.90 bits per heavy atom. The molecule has 0 N–H and O–H groups in total. The number of allylic oxidation sites excluding steroid dienone is 2. The average molecular weight is 283 g/mol. The van der Waals surface area contributed by atoms with E-state index < -0.39 is 0 Å². The summed E-state index contributed by atoms with van der Waals surface area (Å²) in [6, 6.07) is 7.07. The van der Waals surface area contributed by atoms with Crippen LogP contribution in [0, 0.1) is 0 Å². The molecule has 1 fully saturated rings. The second kappa shape index (κ2) is 7.59. The summed E-state index contributed by atoms with van der Waals surface area (Å²) in [6.45, 7) is 6.62. The van der Waals surface area contributed by atoms with Gasteiger partial charge in [0, 0.05) is 13.3 Å². The first-order valence-electron chi connectivity index (χ1n) is 8.40. The molecule has 0 spiro atoms. The van der Waals surface area contributed by atoms with Gasteiger partial charge in [-0.1, -0.05) is 50.0 Å². The number of benzene rings is 1. The Hall–Kier alpha value is -1.37. The molecule has 0 unspecified atom stereocenters. The highest BCUT2D eigenvalue weighted by Gasteiger charge is 2.20. The van der Waals surface area contributed by atoms with Gasteiger partial charge >= 0.3 is 0 Å². The van der Waals surface area contributed by atoms with Crippen LogP contribution in [-0.4, -0.2) is 13.3 Å². The molecule has 0 saturated heterocycles. The lowest BCUT2D eigenvalue weighted by molar-refractivity contribution is 0.443. The van der Waals surface area contributed by atoms with Crippen molar-refractivity contribution in [2.45, 2.75) is 65.2 Å². The number of aliphatic imine (C=N–C) groups is 1. The number of hydrogen-bond donors (Lipinski definition) is 0. The zero-order valence-corrected chi connectivity index (χ0v) is 14.1. The van der Waals surface area contributed by atoms with Crippen molar-refractivity contribution >= 4 is 11.8 Å². The van der Waals surface area contributed by atoms with E-state index in [2.05, 4.69) is 44.0 Å². The molecule has 1 heteroatoms. The van der Waals surface area contributed by atoms with Crippen LogP contribution in [0.3, 0.4) is 0 Å². The third-order valence-corrected chi connectivity index (χ3v) is 4.66. The first-order valence-corrected chi connectivity index (χ1v) is 8.40. The van der Waals surface area contributed by atoms with Gasteiger partial charge in [0.1, 0.15) is 0 Å². The first kappa shape index (κ1) is 16.0. The third kappa shape index (κ3) is 3.84. The number of rotatable bonds is 4. The van der Waals surface area contributed by atoms with Crippen LogP contribution in [0.4, 0.5) is 0 Å². The van der Waals surface area contributed by atoms with E-state index in [1.165, 1.54) is 54.4 Å². The monoisotopic (exact) mass is 283 g/mol. The second-order valence-electron chi connectivity index (χ2n) is 6.41. The van der Waals surface area contributed by atoms with Crippen molar-refractivity contribution in [3.63, 3.8) is 0 Å². The van der Waals surface area contributed by atoms with Gasteiger partial charge in [-0.15, -0.1) is 0 Å². The molecule has 1 aromatic carbocycles. The summed E-state index contributed by atoms with van der Waals surface area (Å²) in [5.74, 6) is 0.736. The summed E-state index contributed by atoms with van der Waals surface area (Å²) in [5, 5.41) is 0. The molecule has 2 rings (SSSR count). The Labute approximate surface area is 130 Å². The minimum Gasteiger partial charge on any atom is -0.296 e. The van der Waals surface area contributed by atoms with Gasteiger partial charge in [0.2, 0.25) is 0 Å². The van der Waals surface area contributed by atoms with Crippen molar-refractivity contribution in [1.29, 1.82) is 0 Å². The van der Waals surface area contributed by atoms with Crippen LogP contribution in [0.2, 0.25) is 0 Å². The molecule has 1 nitrogen and oxygen atoms in total. The molecule has 1 aliphatic rings. The minimum absolute atomic E-state index is 0.736. The van der Waals surface area contributed by atoms with Crippen LogP contribution >= 0.6 is 0 Å². The molecule has 0 aromatic heterocycles. The predicted molar refractivity (Wildman–Crippen MR) is 94.3 cm³/mol. The lowest BCUT2D eigenvalue weighted by Crippen LogP contribution is -2.08. The van der Waals surface area contributed by atoms with Crippen LogP contribution < -0.4 is 0 Å². The topological polar surface area (TPSA) is 12.4 Å². The summed E-state index contributed by atoms with van der Waals surface area (Å²) >= 11 is 0. The number of hydrogen-bond acceptors (Lipinski definition) is 1. The fraction of sp³-hybridized carbons (Fsp3) is 0.550. The molecule has 21 heavy (non-hydrogen) atoms. The maximum atomic E-state index is 4.28. The van der Waals surface area contributed by atoms with Gasteiger partial charge in [0.15, 0.2) is 0 Å². The van der Waals surface area contributed by atoms with Crippen molar-refractivity contribution in [3.8, 4) is 0 Å². The fourth-order valence-electron chi connectivity index (χ4n) is 3.43. The standard InChI is InChI=1S/C20H29N/c1-5-16-11-12-18(20(14-21-4)15(2)3)19(13-16)17-9-7-6-8-10-17/h11-14,17H,5-10H2,1-4H3. The molecule has 0 amide bonds. The molecule has 0 atom stereocenters. The van der Waals surface area contributed by atoms with Gasteiger partial charge in [-0.05, 0) is 61.3 Å². The maximum absolute atomic E-state index is 4.28. The highest BCUT2D eigenvalue weighted by atomic mass is 14.6. The largest absolute Gasteiger partial charge is 0.296 e. The maximum Gasteiger partial charge on any atom is 0.0286 e. The first-order chi connectivity index (χ1) is 10.2. The highest BCUT2D eigenvalue weighted by Crippen LogP contribution is 2.37. The van der Waals surface area contributed by atoms with Crippen LogP contribution in [0.15, 0.2) is 28.8 Å². The summed E-state index contributed by atoms with van der Waals surface area (Å²) in [5.41, 5.74) is 7.08. The Kier molecular flexibility index (Phi) is 5.78. The lowest BCUT2D eigenvalue weighted by Gasteiger charge is -2.25. The fourth-order valence-corrected chi connectivity index (χ4v) is 3.43. The SMILES string of the molecule is CCc1ccc(C(C=NC)=C(C)C)c(C2CCCCC2)c1. The summed E-state index contributed by atoms with van der Waals surface area (Å²) in [6.07, 6.45) is 10.0. The molecule has 1 aromatic rings. The molecule has 1 aliphatic carbocycles. The van der Waals surface area contributed by atoms with Crippen molar-refractivity contribution in [3.05, 3.63) is 40.5 Å². The van der Waals surface area contributed by atoms with Crippen molar-refractivity contribution in [2.24, 2.45) is 4.99 Å². The van der Waals surface area contributed by atoms with Crippen LogP contribution in [0.5, 0.6) is 0 Å². The zero-order valence-electron chi connectivity index (χ0n) is 14.1. The number of nitrogens with zero attached hydrogens (tertiary/aromatic N) is 1. The van der Waals surface area contributed by atoms with E-state index in [1.54, 1.807) is 5.56 Å². The van der Waals surface area contributed by atoms with Crippen molar-refractivity contribution in [1.82, 2.24) is 0 Å². The van der Waals surface area contributed by atoms with Crippen LogP contribution in [0.1, 0.15) is 75.5 Å². The van der Waals surface area contributed by atoms with Gasteiger partial charge in [0.25, 0.3) is 0 Å². The van der Waals surface area contributed by atoms with Crippen molar-refractivity contribution in [2.75, 3.05) is 7.05 Å². The molecule has 0 bridgehead atoms. The molecule has 0 aliphatic heterocycles. The molecular weight excluding hydrogens is 254 g/mol. The van der Waals surface area contributed by atoms with E-state index in [0.717, 1.165) is 12.3 Å². The van der Waals surface area contributed by atoms with E-state index in [-0.39, 0.29) is 0 Å². The predicted octanol–water partition coefficient (Wildman–Crippen LogP) is 5.79. The Balaban J connectivity index is 2.51. The van der Waals surface area contributed by atoms with Crippen molar-refractivity contribution < 1.29 is 0 Å². The quantitative estimate of drug-likeness (QED) is 0.620. The Morgan fingerprint density at radius 3 is 2.48 bits per heavy atom. The zero-order chi connectivity index (χ0) is 15.2. The van der Waals surface area contributed by atoms with E-state index in [0.29, 0.717) is 0 Å². The van der Waals surface area contributed by atoms with Crippen LogP contribution in [-0.2, 0) is 6.42 Å². The highest BCUT2D eigenvalue weighted by molar-refractivity contribution is 6.11. The van der Waals surface area contributed by atoms with E-state index in [4.69, 9.17) is 0 Å². The summed E-state index contributed by atoms with van der Waals surface area (Å²) in [4.78, 5) is 4.28. The summed E-state index contributed by atoms with van der Waals surface area (Å²) < 4.78 is 0. The lowest BCUT2D eigenvalue weighted by atomic mass is 9.79. The van der Waals surface area contributed by atoms with Gasteiger partial charge < -0.3 is 0 Å². The Bertz CT molecular complexity index is 527. The van der Waals surface area contributed by atoms with E-state index in [9.17, 15) is 0 Å². The van der Waals surface area contributed by atoms with Gasteiger partial charge in [-0.25, -0.2) is 0 Å². The Morgan fingerprint density at radius 1 is 1.19 bits per heavy atom. The molecule has 114 valence electrons. The van der Waals surface area contributed by atoms with Gasteiger partial charge in [-0.3, -0.25) is 4.99 Å². The summed E-state index contributed by atoms with van der Waals surface area (Å²) in [7, 11) is 1.86. The molecule has 1 saturated carbocycles. The molecule has 0 heterocycles. The van der Waals surface area contributed by atoms with Crippen LogP contribution in [0.25, 0.3) is 5.57 Å². The minimum atomic E-state index is 0.736. The third-order valence-electron chi connectivity index (χ3n) is 4.66.